The second-order valence-electron chi connectivity index (χ2n) is 5.10. The molecule has 0 aromatic heterocycles. The van der Waals surface area contributed by atoms with E-state index in [1.165, 1.54) is 6.07 Å². The SMILES string of the molecule is COc1ccccc1CNCc1ccc(F)c(N(C)C)c1. The number of para-hydroxylation sites is 1. The van der Waals surface area contributed by atoms with Gasteiger partial charge in [-0.1, -0.05) is 24.3 Å². The Hall–Kier alpha value is -2.07. The van der Waals surface area contributed by atoms with Crippen molar-refractivity contribution < 1.29 is 9.13 Å². The molecule has 0 heterocycles. The van der Waals surface area contributed by atoms with Gasteiger partial charge in [-0.05, 0) is 23.8 Å². The summed E-state index contributed by atoms with van der Waals surface area (Å²) < 4.78 is 18.9. The first-order valence-corrected chi connectivity index (χ1v) is 6.90. The second kappa shape index (κ2) is 7.09. The summed E-state index contributed by atoms with van der Waals surface area (Å²) in [5, 5.41) is 3.36. The Kier molecular flexibility index (Phi) is 5.17. The summed E-state index contributed by atoms with van der Waals surface area (Å²) in [5.74, 6) is 0.673. The minimum Gasteiger partial charge on any atom is -0.496 e. The molecule has 0 radical (unpaired) electrons. The fourth-order valence-electron chi connectivity index (χ4n) is 2.20. The minimum atomic E-state index is -0.200. The van der Waals surface area contributed by atoms with Gasteiger partial charge in [-0.3, -0.25) is 0 Å². The van der Waals surface area contributed by atoms with E-state index in [1.807, 2.05) is 44.4 Å². The highest BCUT2D eigenvalue weighted by molar-refractivity contribution is 5.48. The summed E-state index contributed by atoms with van der Waals surface area (Å²) >= 11 is 0. The lowest BCUT2D eigenvalue weighted by atomic mass is 10.1. The molecule has 0 unspecified atom stereocenters. The van der Waals surface area contributed by atoms with E-state index in [2.05, 4.69) is 5.32 Å². The van der Waals surface area contributed by atoms with Crippen LogP contribution in [0.4, 0.5) is 10.1 Å². The summed E-state index contributed by atoms with van der Waals surface area (Å²) in [6.07, 6.45) is 0. The average molecular weight is 288 g/mol. The van der Waals surface area contributed by atoms with Crippen molar-refractivity contribution in [3.63, 3.8) is 0 Å². The molecule has 3 nitrogen and oxygen atoms in total. The average Bonchev–Trinajstić information content (AvgIpc) is 2.49. The van der Waals surface area contributed by atoms with Crippen LogP contribution >= 0.6 is 0 Å². The molecule has 112 valence electrons. The Morgan fingerprint density at radius 1 is 1.10 bits per heavy atom. The standard InChI is InChI=1S/C17H21FN2O/c1-20(2)16-10-13(8-9-15(16)18)11-19-12-14-6-4-5-7-17(14)21-3/h4-10,19H,11-12H2,1-3H3. The van der Waals surface area contributed by atoms with Crippen LogP contribution in [0.15, 0.2) is 42.5 Å². The molecule has 4 heteroatoms. The Balaban J connectivity index is 1.99. The number of hydrogen-bond donors (Lipinski definition) is 1. The van der Waals surface area contributed by atoms with Crippen molar-refractivity contribution in [2.75, 3.05) is 26.1 Å². The monoisotopic (exact) mass is 288 g/mol. The fraction of sp³-hybridized carbons (Fsp3) is 0.294. The van der Waals surface area contributed by atoms with Gasteiger partial charge in [0.2, 0.25) is 0 Å². The molecule has 0 aliphatic heterocycles. The van der Waals surface area contributed by atoms with Gasteiger partial charge in [-0.25, -0.2) is 4.39 Å². The number of nitrogens with one attached hydrogen (secondary N) is 1. The summed E-state index contributed by atoms with van der Waals surface area (Å²) in [6, 6.07) is 13.1. The van der Waals surface area contributed by atoms with Crippen molar-refractivity contribution in [3.05, 3.63) is 59.4 Å². The van der Waals surface area contributed by atoms with E-state index in [4.69, 9.17) is 4.74 Å². The van der Waals surface area contributed by atoms with Crippen molar-refractivity contribution in [2.45, 2.75) is 13.1 Å². The Labute approximate surface area is 125 Å². The molecule has 0 saturated carbocycles. The van der Waals surface area contributed by atoms with E-state index >= 15 is 0 Å². The van der Waals surface area contributed by atoms with E-state index < -0.39 is 0 Å². The van der Waals surface area contributed by atoms with Crippen LogP contribution in [0.3, 0.4) is 0 Å². The number of nitrogens with zero attached hydrogens (tertiary/aromatic N) is 1. The quantitative estimate of drug-likeness (QED) is 0.883. The van der Waals surface area contributed by atoms with Crippen LogP contribution in [-0.2, 0) is 13.1 Å². The van der Waals surface area contributed by atoms with Crippen LogP contribution in [0.5, 0.6) is 5.75 Å². The zero-order valence-corrected chi connectivity index (χ0v) is 12.7. The van der Waals surface area contributed by atoms with Gasteiger partial charge in [-0.15, -0.1) is 0 Å². The first kappa shape index (κ1) is 15.3. The molecular formula is C17H21FN2O. The summed E-state index contributed by atoms with van der Waals surface area (Å²) in [5.41, 5.74) is 2.76. The molecule has 0 saturated heterocycles. The molecule has 0 spiro atoms. The van der Waals surface area contributed by atoms with E-state index in [1.54, 1.807) is 18.1 Å². The van der Waals surface area contributed by atoms with E-state index in [9.17, 15) is 4.39 Å². The van der Waals surface area contributed by atoms with E-state index in [0.717, 1.165) is 16.9 Å². The molecule has 0 atom stereocenters. The van der Waals surface area contributed by atoms with Gasteiger partial charge in [0.15, 0.2) is 0 Å². The molecule has 0 aliphatic rings. The molecular weight excluding hydrogens is 267 g/mol. The van der Waals surface area contributed by atoms with Gasteiger partial charge < -0.3 is 15.0 Å². The van der Waals surface area contributed by atoms with E-state index in [-0.39, 0.29) is 5.82 Å². The third kappa shape index (κ3) is 3.95. The lowest BCUT2D eigenvalue weighted by Crippen LogP contribution is -2.15. The van der Waals surface area contributed by atoms with Crippen molar-refractivity contribution in [2.24, 2.45) is 0 Å². The van der Waals surface area contributed by atoms with Gasteiger partial charge in [0.1, 0.15) is 11.6 Å². The maximum absolute atomic E-state index is 13.6. The number of methoxy groups -OCH3 is 1. The minimum absolute atomic E-state index is 0.200. The van der Waals surface area contributed by atoms with Gasteiger partial charge in [0.05, 0.1) is 12.8 Å². The lowest BCUT2D eigenvalue weighted by Gasteiger charge is -2.15. The molecule has 2 rings (SSSR count). The number of ether oxygens (including phenoxy) is 1. The van der Waals surface area contributed by atoms with E-state index in [0.29, 0.717) is 18.8 Å². The molecule has 0 bridgehead atoms. The molecule has 21 heavy (non-hydrogen) atoms. The van der Waals surface area contributed by atoms with Crippen LogP contribution < -0.4 is 15.0 Å². The molecule has 0 fully saturated rings. The summed E-state index contributed by atoms with van der Waals surface area (Å²) in [4.78, 5) is 1.78. The maximum Gasteiger partial charge on any atom is 0.146 e. The first-order valence-electron chi connectivity index (χ1n) is 6.90. The lowest BCUT2D eigenvalue weighted by molar-refractivity contribution is 0.407. The predicted molar refractivity (Wildman–Crippen MR) is 84.3 cm³/mol. The molecule has 0 aliphatic carbocycles. The molecule has 0 amide bonds. The summed E-state index contributed by atoms with van der Waals surface area (Å²) in [6.45, 7) is 1.39. The number of hydrogen-bond acceptors (Lipinski definition) is 3. The molecule has 2 aromatic carbocycles. The van der Waals surface area contributed by atoms with Crippen LogP contribution in [0.1, 0.15) is 11.1 Å². The highest BCUT2D eigenvalue weighted by Crippen LogP contribution is 2.19. The molecule has 1 N–H and O–H groups in total. The van der Waals surface area contributed by atoms with Gasteiger partial charge in [0, 0.05) is 32.7 Å². The number of benzene rings is 2. The van der Waals surface area contributed by atoms with Crippen molar-refractivity contribution >= 4 is 5.69 Å². The van der Waals surface area contributed by atoms with Crippen molar-refractivity contribution in [3.8, 4) is 5.75 Å². The highest BCUT2D eigenvalue weighted by Gasteiger charge is 2.06. The highest BCUT2D eigenvalue weighted by atomic mass is 19.1. The van der Waals surface area contributed by atoms with Crippen LogP contribution in [-0.4, -0.2) is 21.2 Å². The third-order valence-electron chi connectivity index (χ3n) is 3.33. The zero-order chi connectivity index (χ0) is 15.2. The van der Waals surface area contributed by atoms with Crippen molar-refractivity contribution in [1.82, 2.24) is 5.32 Å². The first-order chi connectivity index (χ1) is 10.1. The third-order valence-corrected chi connectivity index (χ3v) is 3.33. The number of rotatable bonds is 6. The van der Waals surface area contributed by atoms with Gasteiger partial charge >= 0.3 is 0 Å². The van der Waals surface area contributed by atoms with Crippen molar-refractivity contribution in [1.29, 1.82) is 0 Å². The largest absolute Gasteiger partial charge is 0.496 e. The fourth-order valence-corrected chi connectivity index (χ4v) is 2.20. The predicted octanol–water partition coefficient (Wildman–Crippen LogP) is 3.19. The zero-order valence-electron chi connectivity index (χ0n) is 12.7. The Bertz CT molecular complexity index is 599. The van der Waals surface area contributed by atoms with Gasteiger partial charge in [0.25, 0.3) is 0 Å². The number of halogens is 1. The Morgan fingerprint density at radius 3 is 2.57 bits per heavy atom. The second-order valence-corrected chi connectivity index (χ2v) is 5.10. The molecule has 2 aromatic rings. The van der Waals surface area contributed by atoms with Gasteiger partial charge in [-0.2, -0.15) is 0 Å². The topological polar surface area (TPSA) is 24.5 Å². The summed E-state index contributed by atoms with van der Waals surface area (Å²) in [7, 11) is 5.34. The smallest absolute Gasteiger partial charge is 0.146 e. The number of anilines is 1. The van der Waals surface area contributed by atoms with Crippen LogP contribution in [0.2, 0.25) is 0 Å². The van der Waals surface area contributed by atoms with Crippen LogP contribution in [0.25, 0.3) is 0 Å². The normalized spacial score (nSPS) is 10.5. The van der Waals surface area contributed by atoms with Crippen LogP contribution in [0, 0.1) is 5.82 Å². The Morgan fingerprint density at radius 2 is 1.86 bits per heavy atom. The maximum atomic E-state index is 13.6.